The Kier molecular flexibility index (Phi) is 5.75. The number of aryl methyl sites for hydroxylation is 1. The number of carbonyl (C=O) groups is 1. The van der Waals surface area contributed by atoms with Crippen molar-refractivity contribution in [1.82, 2.24) is 10.3 Å². The second-order valence-electron chi connectivity index (χ2n) is 5.97. The summed E-state index contributed by atoms with van der Waals surface area (Å²) in [4.78, 5) is 17.2. The fourth-order valence-corrected chi connectivity index (χ4v) is 3.08. The lowest BCUT2D eigenvalue weighted by molar-refractivity contribution is 0.0942. The standard InChI is InChI=1S/C21H15Cl2N3O/c1-13-11-15(4-5-16(13)12-24)21(27)26-19(14-6-8-17(22)9-7-14)20-18(23)3-2-10-25-20/h2-11,19H,1H3,(H,26,27). The van der Waals surface area contributed by atoms with Gasteiger partial charge < -0.3 is 5.32 Å². The van der Waals surface area contributed by atoms with Crippen molar-refractivity contribution in [3.05, 3.63) is 98.8 Å². The van der Waals surface area contributed by atoms with E-state index in [1.54, 1.807) is 55.6 Å². The SMILES string of the molecule is Cc1cc(C(=O)NC(c2ccc(Cl)cc2)c2ncccc2Cl)ccc1C#N. The van der Waals surface area contributed by atoms with E-state index in [4.69, 9.17) is 28.5 Å². The molecule has 3 aromatic rings. The van der Waals surface area contributed by atoms with Gasteiger partial charge in [0, 0.05) is 16.8 Å². The number of rotatable bonds is 4. The van der Waals surface area contributed by atoms with E-state index in [1.165, 1.54) is 0 Å². The van der Waals surface area contributed by atoms with Gasteiger partial charge in [-0.3, -0.25) is 9.78 Å². The van der Waals surface area contributed by atoms with Gasteiger partial charge in [0.05, 0.1) is 28.4 Å². The number of pyridine rings is 1. The summed E-state index contributed by atoms with van der Waals surface area (Å²) in [5, 5.41) is 13.1. The molecule has 2 aromatic carbocycles. The number of aromatic nitrogens is 1. The van der Waals surface area contributed by atoms with Crippen LogP contribution in [-0.4, -0.2) is 10.9 Å². The molecule has 1 heterocycles. The third kappa shape index (κ3) is 4.28. The molecule has 0 bridgehead atoms. The molecule has 1 N–H and O–H groups in total. The third-order valence-corrected chi connectivity index (χ3v) is 4.72. The van der Waals surface area contributed by atoms with E-state index in [0.29, 0.717) is 26.9 Å². The fourth-order valence-electron chi connectivity index (χ4n) is 2.72. The van der Waals surface area contributed by atoms with Crippen molar-refractivity contribution in [2.75, 3.05) is 0 Å². The number of amides is 1. The van der Waals surface area contributed by atoms with E-state index in [9.17, 15) is 4.79 Å². The van der Waals surface area contributed by atoms with Crippen molar-refractivity contribution >= 4 is 29.1 Å². The molecule has 1 aromatic heterocycles. The van der Waals surface area contributed by atoms with E-state index in [1.807, 2.05) is 12.1 Å². The predicted molar refractivity (Wildman–Crippen MR) is 106 cm³/mol. The first kappa shape index (κ1) is 18.9. The van der Waals surface area contributed by atoms with Crippen LogP contribution in [0.4, 0.5) is 0 Å². The maximum absolute atomic E-state index is 12.8. The molecule has 4 nitrogen and oxygen atoms in total. The summed E-state index contributed by atoms with van der Waals surface area (Å²) in [5.74, 6) is -0.288. The number of nitriles is 1. The van der Waals surface area contributed by atoms with Crippen molar-refractivity contribution < 1.29 is 4.79 Å². The number of nitrogens with zero attached hydrogens (tertiary/aromatic N) is 2. The normalized spacial score (nSPS) is 11.5. The predicted octanol–water partition coefficient (Wildman–Crippen LogP) is 5.09. The minimum Gasteiger partial charge on any atom is -0.339 e. The van der Waals surface area contributed by atoms with Gasteiger partial charge in [-0.05, 0) is 60.5 Å². The Bertz CT molecular complexity index is 1030. The summed E-state index contributed by atoms with van der Waals surface area (Å²) in [6.45, 7) is 1.79. The molecule has 3 rings (SSSR count). The molecule has 0 saturated heterocycles. The van der Waals surface area contributed by atoms with Crippen LogP contribution in [-0.2, 0) is 0 Å². The highest BCUT2D eigenvalue weighted by atomic mass is 35.5. The van der Waals surface area contributed by atoms with E-state index < -0.39 is 6.04 Å². The molecule has 1 amide bonds. The Morgan fingerprint density at radius 2 is 1.89 bits per heavy atom. The first-order valence-electron chi connectivity index (χ1n) is 8.17. The molecular formula is C21H15Cl2N3O. The minimum atomic E-state index is -0.542. The van der Waals surface area contributed by atoms with Crippen molar-refractivity contribution in [2.45, 2.75) is 13.0 Å². The van der Waals surface area contributed by atoms with E-state index in [2.05, 4.69) is 16.4 Å². The van der Waals surface area contributed by atoms with Gasteiger partial charge in [0.25, 0.3) is 5.91 Å². The van der Waals surface area contributed by atoms with Crippen molar-refractivity contribution in [2.24, 2.45) is 0 Å². The Morgan fingerprint density at radius 3 is 2.52 bits per heavy atom. The van der Waals surface area contributed by atoms with Crippen LogP contribution in [0.1, 0.15) is 38.8 Å². The Labute approximate surface area is 167 Å². The molecule has 0 radical (unpaired) electrons. The lowest BCUT2D eigenvalue weighted by atomic mass is 10.0. The van der Waals surface area contributed by atoms with Crippen LogP contribution >= 0.6 is 23.2 Å². The number of halogens is 2. The van der Waals surface area contributed by atoms with Crippen LogP contribution in [0.15, 0.2) is 60.8 Å². The minimum absolute atomic E-state index is 0.288. The molecule has 0 saturated carbocycles. The number of hydrogen-bond donors (Lipinski definition) is 1. The van der Waals surface area contributed by atoms with Crippen molar-refractivity contribution in [3.8, 4) is 6.07 Å². The molecule has 134 valence electrons. The van der Waals surface area contributed by atoms with Gasteiger partial charge in [-0.25, -0.2) is 0 Å². The van der Waals surface area contributed by atoms with Gasteiger partial charge >= 0.3 is 0 Å². The number of carbonyl (C=O) groups excluding carboxylic acids is 1. The molecule has 27 heavy (non-hydrogen) atoms. The Hall–Kier alpha value is -2.87. The zero-order valence-corrected chi connectivity index (χ0v) is 15.9. The van der Waals surface area contributed by atoms with Crippen LogP contribution in [0.3, 0.4) is 0 Å². The zero-order valence-electron chi connectivity index (χ0n) is 14.4. The van der Waals surface area contributed by atoms with E-state index in [-0.39, 0.29) is 5.91 Å². The largest absolute Gasteiger partial charge is 0.339 e. The number of benzene rings is 2. The first-order chi connectivity index (χ1) is 13.0. The highest BCUT2D eigenvalue weighted by molar-refractivity contribution is 6.31. The summed E-state index contributed by atoms with van der Waals surface area (Å²) in [6, 6.07) is 17.1. The lowest BCUT2D eigenvalue weighted by Crippen LogP contribution is -2.30. The Morgan fingerprint density at radius 1 is 1.15 bits per heavy atom. The smallest absolute Gasteiger partial charge is 0.252 e. The van der Waals surface area contributed by atoms with Gasteiger partial charge in [0.15, 0.2) is 0 Å². The lowest BCUT2D eigenvalue weighted by Gasteiger charge is -2.20. The molecule has 0 spiro atoms. The van der Waals surface area contributed by atoms with Crippen LogP contribution in [0.25, 0.3) is 0 Å². The third-order valence-electron chi connectivity index (χ3n) is 4.15. The van der Waals surface area contributed by atoms with Gasteiger partial charge in [-0.15, -0.1) is 0 Å². The van der Waals surface area contributed by atoms with Crippen molar-refractivity contribution in [1.29, 1.82) is 5.26 Å². The molecular weight excluding hydrogens is 381 g/mol. The molecule has 0 aliphatic carbocycles. The quantitative estimate of drug-likeness (QED) is 0.668. The summed E-state index contributed by atoms with van der Waals surface area (Å²) in [5.41, 5.74) is 3.08. The van der Waals surface area contributed by atoms with Crippen LogP contribution in [0.5, 0.6) is 0 Å². The number of hydrogen-bond acceptors (Lipinski definition) is 3. The van der Waals surface area contributed by atoms with Gasteiger partial charge in [-0.2, -0.15) is 5.26 Å². The zero-order chi connectivity index (χ0) is 19.4. The van der Waals surface area contributed by atoms with E-state index in [0.717, 1.165) is 11.1 Å². The average molecular weight is 396 g/mol. The molecule has 6 heteroatoms. The number of nitrogens with one attached hydrogen (secondary N) is 1. The van der Waals surface area contributed by atoms with Gasteiger partial charge in [0.2, 0.25) is 0 Å². The topological polar surface area (TPSA) is 65.8 Å². The fraction of sp³-hybridized carbons (Fsp3) is 0.0952. The second kappa shape index (κ2) is 8.22. The van der Waals surface area contributed by atoms with Crippen LogP contribution in [0, 0.1) is 18.3 Å². The summed E-state index contributed by atoms with van der Waals surface area (Å²) in [6.07, 6.45) is 1.63. The van der Waals surface area contributed by atoms with Crippen molar-refractivity contribution in [3.63, 3.8) is 0 Å². The highest BCUT2D eigenvalue weighted by Gasteiger charge is 2.21. The van der Waals surface area contributed by atoms with E-state index >= 15 is 0 Å². The van der Waals surface area contributed by atoms with Crippen LogP contribution < -0.4 is 5.32 Å². The van der Waals surface area contributed by atoms with Crippen LogP contribution in [0.2, 0.25) is 10.0 Å². The molecule has 0 fully saturated rings. The summed E-state index contributed by atoms with van der Waals surface area (Å²) in [7, 11) is 0. The highest BCUT2D eigenvalue weighted by Crippen LogP contribution is 2.27. The monoisotopic (exact) mass is 395 g/mol. The molecule has 0 aliphatic heterocycles. The second-order valence-corrected chi connectivity index (χ2v) is 6.81. The molecule has 1 atom stereocenters. The molecule has 1 unspecified atom stereocenters. The molecule has 0 aliphatic rings. The maximum atomic E-state index is 12.8. The Balaban J connectivity index is 1.97. The maximum Gasteiger partial charge on any atom is 0.252 e. The van der Waals surface area contributed by atoms with Gasteiger partial charge in [-0.1, -0.05) is 35.3 Å². The first-order valence-corrected chi connectivity index (χ1v) is 8.92. The van der Waals surface area contributed by atoms with Gasteiger partial charge in [0.1, 0.15) is 0 Å². The summed E-state index contributed by atoms with van der Waals surface area (Å²) < 4.78 is 0. The summed E-state index contributed by atoms with van der Waals surface area (Å²) >= 11 is 12.3. The average Bonchev–Trinajstić information content (AvgIpc) is 2.67.